The van der Waals surface area contributed by atoms with Crippen LogP contribution in [-0.4, -0.2) is 10.6 Å². The Kier molecular flexibility index (Phi) is 6.42. The Labute approximate surface area is 194 Å². The van der Waals surface area contributed by atoms with Crippen LogP contribution in [0.1, 0.15) is 92.9 Å². The average molecular weight is 478 g/mol. The lowest BCUT2D eigenvalue weighted by molar-refractivity contribution is -0.153. The zero-order valence-electron chi connectivity index (χ0n) is 20.3. The summed E-state index contributed by atoms with van der Waals surface area (Å²) >= 11 is 3.84. The lowest BCUT2D eigenvalue weighted by Gasteiger charge is -2.60. The number of carbonyl (C=O) groups is 1. The smallest absolute Gasteiger partial charge is 0.136 e. The fourth-order valence-corrected chi connectivity index (χ4v) is 9.21. The molecule has 4 rings (SSSR count). The normalized spacial score (nSPS) is 48.3. The third-order valence-corrected chi connectivity index (χ3v) is 11.7. The van der Waals surface area contributed by atoms with Gasteiger partial charge in [-0.05, 0) is 97.2 Å². The lowest BCUT2D eigenvalue weighted by atomic mass is 9.44. The van der Waals surface area contributed by atoms with E-state index < -0.39 is 0 Å². The molecule has 0 heterocycles. The molecule has 0 radical (unpaired) electrons. The lowest BCUT2D eigenvalue weighted by Crippen LogP contribution is -2.56. The highest BCUT2D eigenvalue weighted by Gasteiger charge is 2.62. The highest BCUT2D eigenvalue weighted by atomic mass is 79.9. The number of allylic oxidation sites excluding steroid dienone is 2. The van der Waals surface area contributed by atoms with E-state index in [1.807, 2.05) is 0 Å². The fourth-order valence-electron chi connectivity index (χ4n) is 8.60. The number of hydrogen-bond acceptors (Lipinski definition) is 1. The van der Waals surface area contributed by atoms with Crippen molar-refractivity contribution in [3.8, 4) is 0 Å². The van der Waals surface area contributed by atoms with Gasteiger partial charge in [0.1, 0.15) is 5.78 Å². The third-order valence-electron chi connectivity index (χ3n) is 10.9. The molecule has 0 saturated heterocycles. The Hall–Kier alpha value is -0.110. The van der Waals surface area contributed by atoms with Crippen LogP contribution in [0.2, 0.25) is 0 Å². The predicted molar refractivity (Wildman–Crippen MR) is 131 cm³/mol. The molecule has 0 aromatic carbocycles. The van der Waals surface area contributed by atoms with Crippen molar-refractivity contribution in [3.05, 3.63) is 12.2 Å². The summed E-state index contributed by atoms with van der Waals surface area (Å²) in [6.07, 6.45) is 14.9. The maximum absolute atomic E-state index is 13.4. The summed E-state index contributed by atoms with van der Waals surface area (Å²) in [6.45, 7) is 14.6. The molecular weight excluding hydrogens is 432 g/mol. The van der Waals surface area contributed by atoms with Crippen LogP contribution < -0.4 is 0 Å². The van der Waals surface area contributed by atoms with Gasteiger partial charge in [0.25, 0.3) is 0 Å². The second-order valence-electron chi connectivity index (χ2n) is 12.6. The van der Waals surface area contributed by atoms with Gasteiger partial charge in [-0.25, -0.2) is 0 Å². The predicted octanol–water partition coefficient (Wildman–Crippen LogP) is 8.07. The molecule has 0 amide bonds. The molecule has 0 bridgehead atoms. The molecular formula is C28H45BrO. The fraction of sp³-hybridized carbons (Fsp3) is 0.893. The SMILES string of the molecule is CC(C)C(C)/C=C/[C@@H](C)[C@H]1CC[C@H]2[C@@H]3CC(=O)[C@H]4C[C@@H](Br)CC[C@]4(C)[C@H]3CC[C@]12C. The minimum atomic E-state index is 0.266. The maximum Gasteiger partial charge on any atom is 0.136 e. The van der Waals surface area contributed by atoms with E-state index in [0.717, 1.165) is 30.6 Å². The molecule has 30 heavy (non-hydrogen) atoms. The molecule has 0 aliphatic heterocycles. The molecule has 0 aromatic rings. The van der Waals surface area contributed by atoms with Crippen molar-refractivity contribution < 1.29 is 4.79 Å². The standard InChI is InChI=1S/C28H45BrO/c1-17(2)18(3)7-8-19(4)22-9-10-23-21-16-26(30)25-15-20(29)11-13-28(25,6)24(21)12-14-27(22,23)5/h7-8,17-25H,9-16H2,1-6H3/b8-7+/t18?,19-,20+,21+,22-,23+,24+,25-,27-,28-/m1/s1. The Morgan fingerprint density at radius 3 is 2.30 bits per heavy atom. The minimum absolute atomic E-state index is 0.266. The van der Waals surface area contributed by atoms with Crippen LogP contribution in [0.4, 0.5) is 0 Å². The Balaban J connectivity index is 1.54. The van der Waals surface area contributed by atoms with Crippen LogP contribution in [0.15, 0.2) is 12.2 Å². The molecule has 4 aliphatic rings. The van der Waals surface area contributed by atoms with Crippen LogP contribution >= 0.6 is 15.9 Å². The van der Waals surface area contributed by atoms with Crippen LogP contribution in [-0.2, 0) is 4.79 Å². The average Bonchev–Trinajstić information content (AvgIpc) is 3.04. The zero-order valence-corrected chi connectivity index (χ0v) is 21.9. The number of Topliss-reactive ketones (excluding diaryl/α,β-unsaturated/α-hetero) is 1. The highest BCUT2D eigenvalue weighted by Crippen LogP contribution is 2.67. The van der Waals surface area contributed by atoms with Gasteiger partial charge in [-0.1, -0.05) is 69.6 Å². The zero-order chi connectivity index (χ0) is 21.8. The second-order valence-corrected chi connectivity index (χ2v) is 13.8. The summed E-state index contributed by atoms with van der Waals surface area (Å²) in [4.78, 5) is 13.9. The summed E-state index contributed by atoms with van der Waals surface area (Å²) in [6, 6.07) is 0. The van der Waals surface area contributed by atoms with E-state index in [4.69, 9.17) is 0 Å². The molecule has 0 N–H and O–H groups in total. The largest absolute Gasteiger partial charge is 0.299 e. The highest BCUT2D eigenvalue weighted by molar-refractivity contribution is 9.09. The quantitative estimate of drug-likeness (QED) is 0.296. The third kappa shape index (κ3) is 3.69. The van der Waals surface area contributed by atoms with Gasteiger partial charge in [0.15, 0.2) is 0 Å². The van der Waals surface area contributed by atoms with Gasteiger partial charge >= 0.3 is 0 Å². The van der Waals surface area contributed by atoms with E-state index in [0.29, 0.717) is 45.6 Å². The van der Waals surface area contributed by atoms with E-state index in [1.165, 1.54) is 38.5 Å². The summed E-state index contributed by atoms with van der Waals surface area (Å²) in [5.74, 6) is 5.94. The molecule has 10 atom stereocenters. The van der Waals surface area contributed by atoms with Gasteiger partial charge in [-0.15, -0.1) is 0 Å². The summed E-state index contributed by atoms with van der Waals surface area (Å²) in [7, 11) is 0. The van der Waals surface area contributed by atoms with E-state index in [-0.39, 0.29) is 5.41 Å². The topological polar surface area (TPSA) is 17.1 Å². The molecule has 0 aromatic heterocycles. The second kappa shape index (κ2) is 8.35. The number of alkyl halides is 1. The molecule has 4 saturated carbocycles. The first kappa shape index (κ1) is 23.1. The van der Waals surface area contributed by atoms with Crippen LogP contribution in [0, 0.1) is 58.2 Å². The van der Waals surface area contributed by atoms with Gasteiger partial charge in [-0.2, -0.15) is 0 Å². The van der Waals surface area contributed by atoms with Crippen LogP contribution in [0.25, 0.3) is 0 Å². The molecule has 4 aliphatic carbocycles. The van der Waals surface area contributed by atoms with Gasteiger partial charge in [0.05, 0.1) is 0 Å². The van der Waals surface area contributed by atoms with Gasteiger partial charge < -0.3 is 0 Å². The summed E-state index contributed by atoms with van der Waals surface area (Å²) < 4.78 is 0. The van der Waals surface area contributed by atoms with Crippen molar-refractivity contribution in [2.45, 2.75) is 97.7 Å². The van der Waals surface area contributed by atoms with Crippen molar-refractivity contribution in [3.63, 3.8) is 0 Å². The van der Waals surface area contributed by atoms with E-state index in [2.05, 4.69) is 69.6 Å². The monoisotopic (exact) mass is 476 g/mol. The van der Waals surface area contributed by atoms with Crippen LogP contribution in [0.3, 0.4) is 0 Å². The van der Waals surface area contributed by atoms with Gasteiger partial charge in [0, 0.05) is 17.2 Å². The summed E-state index contributed by atoms with van der Waals surface area (Å²) in [5, 5.41) is 0. The number of carbonyl (C=O) groups excluding carboxylic acids is 1. The Bertz CT molecular complexity index is 682. The number of hydrogen-bond donors (Lipinski definition) is 0. The molecule has 4 fully saturated rings. The number of rotatable bonds is 4. The number of halogens is 1. The summed E-state index contributed by atoms with van der Waals surface area (Å²) in [5.41, 5.74) is 0.698. The van der Waals surface area contributed by atoms with Gasteiger partial charge in [0.2, 0.25) is 0 Å². The molecule has 1 nitrogen and oxygen atoms in total. The van der Waals surface area contributed by atoms with Crippen molar-refractivity contribution >= 4 is 21.7 Å². The van der Waals surface area contributed by atoms with Crippen molar-refractivity contribution in [2.75, 3.05) is 0 Å². The molecule has 170 valence electrons. The molecule has 2 heteroatoms. The van der Waals surface area contributed by atoms with Crippen molar-refractivity contribution in [1.82, 2.24) is 0 Å². The Morgan fingerprint density at radius 2 is 1.60 bits per heavy atom. The number of fused-ring (bicyclic) bond motifs is 5. The van der Waals surface area contributed by atoms with Crippen molar-refractivity contribution in [2.24, 2.45) is 58.2 Å². The van der Waals surface area contributed by atoms with E-state index >= 15 is 0 Å². The van der Waals surface area contributed by atoms with E-state index in [9.17, 15) is 4.79 Å². The van der Waals surface area contributed by atoms with Gasteiger partial charge in [-0.3, -0.25) is 4.79 Å². The maximum atomic E-state index is 13.4. The number of ketones is 1. The first-order chi connectivity index (χ1) is 14.1. The van der Waals surface area contributed by atoms with E-state index in [1.54, 1.807) is 0 Å². The molecule has 1 unspecified atom stereocenters. The molecule has 0 spiro atoms. The minimum Gasteiger partial charge on any atom is -0.299 e. The van der Waals surface area contributed by atoms with Crippen LogP contribution in [0.5, 0.6) is 0 Å². The first-order valence-corrected chi connectivity index (χ1v) is 13.8. The first-order valence-electron chi connectivity index (χ1n) is 12.9. The van der Waals surface area contributed by atoms with Crippen molar-refractivity contribution in [1.29, 1.82) is 0 Å². The Morgan fingerprint density at radius 1 is 0.933 bits per heavy atom.